The number of halogens is 2. The number of nitrogens with one attached hydrogen (secondary N) is 1. The van der Waals surface area contributed by atoms with Crippen molar-refractivity contribution < 1.29 is 19.4 Å². The van der Waals surface area contributed by atoms with Crippen LogP contribution in [0.15, 0.2) is 18.2 Å². The number of fused-ring (bicyclic) bond motifs is 2. The van der Waals surface area contributed by atoms with Gasteiger partial charge in [0.05, 0.1) is 47.7 Å². The Morgan fingerprint density at radius 1 is 1.24 bits per heavy atom. The van der Waals surface area contributed by atoms with Gasteiger partial charge in [0.25, 0.3) is 0 Å². The summed E-state index contributed by atoms with van der Waals surface area (Å²) in [5.74, 6) is -2.82. The molecule has 1 aromatic heterocycles. The molecular formula is C20H21Cl2N3O4. The largest absolute Gasteiger partial charge is 0.481 e. The fourth-order valence-electron chi connectivity index (χ4n) is 4.37. The normalized spacial score (nSPS) is 25.4. The van der Waals surface area contributed by atoms with E-state index in [-0.39, 0.29) is 18.1 Å². The number of aliphatic carboxylic acids is 1. The zero-order valence-corrected chi connectivity index (χ0v) is 17.5. The number of rotatable bonds is 5. The maximum atomic E-state index is 13.0. The molecule has 2 aromatic rings. The quantitative estimate of drug-likeness (QED) is 0.743. The number of hydrogen-bond donors (Lipinski definition) is 2. The molecule has 2 fully saturated rings. The van der Waals surface area contributed by atoms with E-state index in [1.54, 1.807) is 23.7 Å². The standard InChI is InChI=1S/C20H21Cl2N3O4/c1-9-18(10(2)25(24-9)8-11-3-4-12(21)7-13(11)22)23-19(26)16-14-5-6-15(29-14)17(16)20(27)28/h3-4,7,14-17H,5-6,8H2,1-2H3,(H,23,26)(H,27,28)/t14-,15+,16+,17-/m0/s1. The van der Waals surface area contributed by atoms with E-state index in [2.05, 4.69) is 10.4 Å². The summed E-state index contributed by atoms with van der Waals surface area (Å²) >= 11 is 12.2. The molecule has 1 aromatic carbocycles. The van der Waals surface area contributed by atoms with Crippen molar-refractivity contribution in [1.82, 2.24) is 9.78 Å². The van der Waals surface area contributed by atoms with Crippen LogP contribution < -0.4 is 5.32 Å². The second-order valence-corrected chi connectivity index (χ2v) is 8.45. The van der Waals surface area contributed by atoms with E-state index in [0.29, 0.717) is 40.8 Å². The number of hydrogen-bond acceptors (Lipinski definition) is 4. The molecule has 1 amide bonds. The maximum absolute atomic E-state index is 13.0. The van der Waals surface area contributed by atoms with Crippen LogP contribution in [0.3, 0.4) is 0 Å². The lowest BCUT2D eigenvalue weighted by Gasteiger charge is -2.23. The summed E-state index contributed by atoms with van der Waals surface area (Å²) in [5.41, 5.74) is 2.86. The number of benzene rings is 1. The summed E-state index contributed by atoms with van der Waals surface area (Å²) in [5, 5.41) is 18.1. The average Bonchev–Trinajstić information content (AvgIpc) is 3.34. The number of nitrogens with zero attached hydrogens (tertiary/aromatic N) is 2. The molecule has 3 heterocycles. The molecule has 2 N–H and O–H groups in total. The number of aromatic nitrogens is 2. The zero-order chi connectivity index (χ0) is 20.9. The summed E-state index contributed by atoms with van der Waals surface area (Å²) < 4.78 is 7.45. The fraction of sp³-hybridized carbons (Fsp3) is 0.450. The van der Waals surface area contributed by atoms with Gasteiger partial charge in [0.15, 0.2) is 0 Å². The van der Waals surface area contributed by atoms with Crippen molar-refractivity contribution in [3.05, 3.63) is 45.2 Å². The Kier molecular flexibility index (Phi) is 5.31. The lowest BCUT2D eigenvalue weighted by Crippen LogP contribution is -2.41. The molecular weight excluding hydrogens is 417 g/mol. The van der Waals surface area contributed by atoms with E-state index in [0.717, 1.165) is 11.3 Å². The van der Waals surface area contributed by atoms with Gasteiger partial charge in [0.2, 0.25) is 5.91 Å². The second kappa shape index (κ2) is 7.63. The molecule has 0 unspecified atom stereocenters. The molecule has 4 atom stereocenters. The number of ether oxygens (including phenoxy) is 1. The number of carbonyl (C=O) groups excluding carboxylic acids is 1. The van der Waals surface area contributed by atoms with Crippen LogP contribution in [0.2, 0.25) is 10.0 Å². The molecule has 29 heavy (non-hydrogen) atoms. The minimum absolute atomic E-state index is 0.333. The van der Waals surface area contributed by atoms with Crippen molar-refractivity contribution >= 4 is 40.8 Å². The molecule has 7 nitrogen and oxygen atoms in total. The fourth-order valence-corrected chi connectivity index (χ4v) is 4.84. The van der Waals surface area contributed by atoms with Crippen LogP contribution in [0.1, 0.15) is 29.8 Å². The van der Waals surface area contributed by atoms with E-state index in [4.69, 9.17) is 27.9 Å². The summed E-state index contributed by atoms with van der Waals surface area (Å²) in [6, 6.07) is 5.27. The van der Waals surface area contributed by atoms with Crippen molar-refractivity contribution in [2.45, 2.75) is 45.4 Å². The van der Waals surface area contributed by atoms with Crippen LogP contribution in [0.25, 0.3) is 0 Å². The Bertz CT molecular complexity index is 990. The highest BCUT2D eigenvalue weighted by Gasteiger charge is 2.55. The first kappa shape index (κ1) is 20.2. The third-order valence-corrected chi connectivity index (χ3v) is 6.41. The highest BCUT2D eigenvalue weighted by molar-refractivity contribution is 6.35. The third kappa shape index (κ3) is 3.63. The zero-order valence-electron chi connectivity index (χ0n) is 16.0. The molecule has 4 rings (SSSR count). The predicted octanol–water partition coefficient (Wildman–Crippen LogP) is 3.67. The SMILES string of the molecule is Cc1nn(Cc2ccc(Cl)cc2Cl)c(C)c1NC(=O)[C@H]1[C@@H](C(=O)O)[C@H]2CC[C@@H]1O2. The van der Waals surface area contributed by atoms with Gasteiger partial charge >= 0.3 is 5.97 Å². The molecule has 154 valence electrons. The van der Waals surface area contributed by atoms with Crippen molar-refractivity contribution in [3.63, 3.8) is 0 Å². The van der Waals surface area contributed by atoms with Gasteiger partial charge in [-0.25, -0.2) is 0 Å². The minimum Gasteiger partial charge on any atom is -0.481 e. The molecule has 2 aliphatic heterocycles. The highest BCUT2D eigenvalue weighted by atomic mass is 35.5. The van der Waals surface area contributed by atoms with Gasteiger partial charge in [0, 0.05) is 10.0 Å². The minimum atomic E-state index is -0.987. The number of carbonyl (C=O) groups is 2. The molecule has 0 spiro atoms. The average molecular weight is 438 g/mol. The molecule has 2 saturated heterocycles. The van der Waals surface area contributed by atoms with E-state index >= 15 is 0 Å². The predicted molar refractivity (Wildman–Crippen MR) is 108 cm³/mol. The van der Waals surface area contributed by atoms with Gasteiger partial charge in [0.1, 0.15) is 0 Å². The number of anilines is 1. The van der Waals surface area contributed by atoms with E-state index in [1.165, 1.54) is 0 Å². The van der Waals surface area contributed by atoms with Crippen molar-refractivity contribution in [2.24, 2.45) is 11.8 Å². The van der Waals surface area contributed by atoms with Crippen LogP contribution in [0, 0.1) is 25.7 Å². The van der Waals surface area contributed by atoms with E-state index in [9.17, 15) is 14.7 Å². The van der Waals surface area contributed by atoms with E-state index in [1.807, 2.05) is 13.0 Å². The Labute approximate surface area is 177 Å². The van der Waals surface area contributed by atoms with Crippen LogP contribution in [0.4, 0.5) is 5.69 Å². The number of carboxylic acids is 1. The van der Waals surface area contributed by atoms with Crippen molar-refractivity contribution in [2.75, 3.05) is 5.32 Å². The number of aryl methyl sites for hydroxylation is 1. The topological polar surface area (TPSA) is 93.5 Å². The third-order valence-electron chi connectivity index (χ3n) is 5.83. The number of amides is 1. The molecule has 0 radical (unpaired) electrons. The van der Waals surface area contributed by atoms with Crippen LogP contribution in [-0.2, 0) is 20.9 Å². The highest BCUT2D eigenvalue weighted by Crippen LogP contribution is 2.44. The lowest BCUT2D eigenvalue weighted by atomic mass is 9.78. The smallest absolute Gasteiger partial charge is 0.310 e. The summed E-state index contributed by atoms with van der Waals surface area (Å²) in [4.78, 5) is 24.6. The van der Waals surface area contributed by atoms with Gasteiger partial charge in [-0.3, -0.25) is 14.3 Å². The van der Waals surface area contributed by atoms with Gasteiger partial charge in [-0.15, -0.1) is 0 Å². The molecule has 2 bridgehead atoms. The summed E-state index contributed by atoms with van der Waals surface area (Å²) in [7, 11) is 0. The van der Waals surface area contributed by atoms with Gasteiger partial charge in [-0.1, -0.05) is 29.3 Å². The van der Waals surface area contributed by atoms with Crippen LogP contribution in [0.5, 0.6) is 0 Å². The van der Waals surface area contributed by atoms with Crippen molar-refractivity contribution in [1.29, 1.82) is 0 Å². The Morgan fingerprint density at radius 2 is 1.93 bits per heavy atom. The summed E-state index contributed by atoms with van der Waals surface area (Å²) in [6.07, 6.45) is 0.664. The lowest BCUT2D eigenvalue weighted by molar-refractivity contribution is -0.147. The Balaban J connectivity index is 1.55. The number of carboxylic acid groups (broad SMARTS) is 1. The van der Waals surface area contributed by atoms with Gasteiger partial charge in [-0.2, -0.15) is 5.10 Å². The second-order valence-electron chi connectivity index (χ2n) is 7.61. The van der Waals surface area contributed by atoms with E-state index < -0.39 is 17.8 Å². The first-order chi connectivity index (χ1) is 13.8. The Hall–Kier alpha value is -2.09. The first-order valence-corrected chi connectivity index (χ1v) is 10.2. The van der Waals surface area contributed by atoms with Crippen molar-refractivity contribution in [3.8, 4) is 0 Å². The maximum Gasteiger partial charge on any atom is 0.310 e. The molecule has 9 heteroatoms. The van der Waals surface area contributed by atoms with Gasteiger partial charge < -0.3 is 15.2 Å². The van der Waals surface area contributed by atoms with Crippen LogP contribution in [-0.4, -0.2) is 39.0 Å². The van der Waals surface area contributed by atoms with Crippen LogP contribution >= 0.6 is 23.2 Å². The van der Waals surface area contributed by atoms with Gasteiger partial charge in [-0.05, 0) is 44.4 Å². The monoisotopic (exact) mass is 437 g/mol. The Morgan fingerprint density at radius 3 is 2.59 bits per heavy atom. The molecule has 0 saturated carbocycles. The molecule has 0 aliphatic carbocycles. The summed E-state index contributed by atoms with van der Waals surface area (Å²) in [6.45, 7) is 4.08. The molecule has 2 aliphatic rings. The first-order valence-electron chi connectivity index (χ1n) is 9.43.